The Morgan fingerprint density at radius 3 is 2.79 bits per heavy atom. The summed E-state index contributed by atoms with van der Waals surface area (Å²) in [5.41, 5.74) is 9.35. The number of thiazole rings is 1. The molecule has 3 rings (SSSR count). The number of nitrogens with two attached hydrogens (primary N) is 1. The number of rotatable bonds is 3. The molecular weight excluding hydrogens is 276 g/mol. The smallest absolute Gasteiger partial charge is 0.123 e. The van der Waals surface area contributed by atoms with Gasteiger partial charge in [-0.3, -0.25) is 0 Å². The number of nitrogens with zero attached hydrogens (tertiary/aromatic N) is 1. The van der Waals surface area contributed by atoms with E-state index in [1.807, 2.05) is 0 Å². The maximum Gasteiger partial charge on any atom is 0.123 e. The first kappa shape index (κ1) is 14.5. The summed E-state index contributed by atoms with van der Waals surface area (Å²) in [7, 11) is 0. The number of hydrogen-bond acceptors (Lipinski definition) is 3. The van der Waals surface area contributed by atoms with E-state index in [4.69, 9.17) is 10.7 Å². The molecule has 0 unspecified atom stereocenters. The monoisotopic (exact) mass is 294 g/mol. The molecule has 2 nitrogen and oxygen atoms in total. The Kier molecular flexibility index (Phi) is 4.97. The molecule has 0 saturated heterocycles. The third-order valence-electron chi connectivity index (χ3n) is 3.71. The normalized spacial score (nSPS) is 15.4. The van der Waals surface area contributed by atoms with Crippen LogP contribution in [0.3, 0.4) is 0 Å². The molecule has 0 bridgehead atoms. The van der Waals surface area contributed by atoms with Crippen molar-refractivity contribution in [3.63, 3.8) is 0 Å². The molecule has 0 amide bonds. The Balaban J connectivity index is 0.00000133. The van der Waals surface area contributed by atoms with Gasteiger partial charge in [-0.25, -0.2) is 4.98 Å². The second-order valence-electron chi connectivity index (χ2n) is 4.96. The van der Waals surface area contributed by atoms with Crippen molar-refractivity contribution in [3.8, 4) is 10.6 Å². The zero-order chi connectivity index (χ0) is 12.4. The van der Waals surface area contributed by atoms with Crippen molar-refractivity contribution < 1.29 is 0 Å². The van der Waals surface area contributed by atoms with E-state index >= 15 is 0 Å². The maximum absolute atomic E-state index is 5.68. The van der Waals surface area contributed by atoms with Crippen molar-refractivity contribution in [2.45, 2.75) is 38.1 Å². The number of benzene rings is 1. The van der Waals surface area contributed by atoms with Crippen LogP contribution in [0.15, 0.2) is 29.6 Å². The Bertz CT molecular complexity index is 532. The maximum atomic E-state index is 5.68. The molecule has 102 valence electrons. The van der Waals surface area contributed by atoms with Gasteiger partial charge in [0.1, 0.15) is 5.01 Å². The summed E-state index contributed by atoms with van der Waals surface area (Å²) in [6.45, 7) is 0.592. The van der Waals surface area contributed by atoms with Crippen LogP contribution in [0.1, 0.15) is 42.9 Å². The van der Waals surface area contributed by atoms with E-state index in [9.17, 15) is 0 Å². The molecule has 2 aromatic rings. The van der Waals surface area contributed by atoms with Crippen molar-refractivity contribution in [2.24, 2.45) is 5.73 Å². The van der Waals surface area contributed by atoms with Gasteiger partial charge < -0.3 is 5.73 Å². The van der Waals surface area contributed by atoms with Gasteiger partial charge in [0.05, 0.1) is 5.69 Å². The third-order valence-corrected chi connectivity index (χ3v) is 4.61. The van der Waals surface area contributed by atoms with Gasteiger partial charge in [0.2, 0.25) is 0 Å². The molecule has 0 aliphatic heterocycles. The minimum Gasteiger partial charge on any atom is -0.326 e. The lowest BCUT2D eigenvalue weighted by Crippen LogP contribution is -1.96. The summed E-state index contributed by atoms with van der Waals surface area (Å²) in [4.78, 5) is 4.82. The van der Waals surface area contributed by atoms with E-state index < -0.39 is 0 Å². The number of aromatic nitrogens is 1. The fourth-order valence-electron chi connectivity index (χ4n) is 2.66. The molecular formula is C15H19ClN2S. The standard InChI is InChI=1S/C15H18N2S.ClH/c16-9-11-4-3-7-13(8-11)15-17-14(10-18-15)12-5-1-2-6-12;/h3-4,7-8,10,12H,1-2,5-6,9,16H2;1H. The highest BCUT2D eigenvalue weighted by molar-refractivity contribution is 7.13. The van der Waals surface area contributed by atoms with Crippen LogP contribution in [-0.4, -0.2) is 4.98 Å². The van der Waals surface area contributed by atoms with Crippen molar-refractivity contribution >= 4 is 23.7 Å². The lowest BCUT2D eigenvalue weighted by molar-refractivity contribution is 0.704. The second-order valence-corrected chi connectivity index (χ2v) is 5.82. The van der Waals surface area contributed by atoms with Gasteiger partial charge in [0.15, 0.2) is 0 Å². The van der Waals surface area contributed by atoms with Crippen LogP contribution in [0.5, 0.6) is 0 Å². The van der Waals surface area contributed by atoms with E-state index in [-0.39, 0.29) is 12.4 Å². The average Bonchev–Trinajstić information content (AvgIpc) is 3.09. The predicted octanol–water partition coefficient (Wildman–Crippen LogP) is 4.35. The lowest BCUT2D eigenvalue weighted by Gasteiger charge is -2.03. The lowest BCUT2D eigenvalue weighted by atomic mass is 10.1. The molecule has 0 spiro atoms. The van der Waals surface area contributed by atoms with Crippen LogP contribution < -0.4 is 5.73 Å². The zero-order valence-electron chi connectivity index (χ0n) is 10.8. The Morgan fingerprint density at radius 1 is 1.26 bits per heavy atom. The van der Waals surface area contributed by atoms with E-state index in [0.717, 1.165) is 5.01 Å². The summed E-state index contributed by atoms with van der Waals surface area (Å²) < 4.78 is 0. The van der Waals surface area contributed by atoms with Gasteiger partial charge in [-0.15, -0.1) is 23.7 Å². The second kappa shape index (κ2) is 6.51. The fraction of sp³-hybridized carbons (Fsp3) is 0.400. The molecule has 1 aliphatic carbocycles. The van der Waals surface area contributed by atoms with E-state index in [1.165, 1.54) is 42.5 Å². The molecule has 0 radical (unpaired) electrons. The number of hydrogen-bond donors (Lipinski definition) is 1. The highest BCUT2D eigenvalue weighted by Crippen LogP contribution is 2.36. The van der Waals surface area contributed by atoms with Crippen molar-refractivity contribution in [1.29, 1.82) is 0 Å². The SMILES string of the molecule is Cl.NCc1cccc(-c2nc(C3CCCC3)cs2)c1. The zero-order valence-corrected chi connectivity index (χ0v) is 12.5. The molecule has 19 heavy (non-hydrogen) atoms. The van der Waals surface area contributed by atoms with Crippen LogP contribution in [0.4, 0.5) is 0 Å². The molecule has 1 aliphatic rings. The Hall–Kier alpha value is -0.900. The third kappa shape index (κ3) is 3.16. The number of halogens is 1. The molecule has 1 aromatic carbocycles. The molecule has 1 fully saturated rings. The van der Waals surface area contributed by atoms with Gasteiger partial charge in [-0.05, 0) is 24.5 Å². The van der Waals surface area contributed by atoms with Crippen LogP contribution in [0.2, 0.25) is 0 Å². The van der Waals surface area contributed by atoms with E-state index in [0.29, 0.717) is 12.5 Å². The Labute approximate surface area is 124 Å². The van der Waals surface area contributed by atoms with Crippen molar-refractivity contribution in [1.82, 2.24) is 4.98 Å². The van der Waals surface area contributed by atoms with E-state index in [1.54, 1.807) is 11.3 Å². The van der Waals surface area contributed by atoms with Crippen LogP contribution in [0, 0.1) is 0 Å². The molecule has 4 heteroatoms. The molecule has 1 heterocycles. The summed E-state index contributed by atoms with van der Waals surface area (Å²) in [5, 5.41) is 3.37. The summed E-state index contributed by atoms with van der Waals surface area (Å²) in [6, 6.07) is 8.40. The summed E-state index contributed by atoms with van der Waals surface area (Å²) >= 11 is 1.76. The van der Waals surface area contributed by atoms with Gasteiger partial charge in [0, 0.05) is 23.4 Å². The van der Waals surface area contributed by atoms with Crippen LogP contribution >= 0.6 is 23.7 Å². The summed E-state index contributed by atoms with van der Waals surface area (Å²) in [5.74, 6) is 0.702. The largest absolute Gasteiger partial charge is 0.326 e. The van der Waals surface area contributed by atoms with Gasteiger partial charge >= 0.3 is 0 Å². The Morgan fingerprint density at radius 2 is 2.05 bits per heavy atom. The van der Waals surface area contributed by atoms with Gasteiger partial charge in [-0.1, -0.05) is 31.0 Å². The average molecular weight is 295 g/mol. The van der Waals surface area contributed by atoms with Gasteiger partial charge in [0.25, 0.3) is 0 Å². The quantitative estimate of drug-likeness (QED) is 0.914. The van der Waals surface area contributed by atoms with Crippen molar-refractivity contribution in [2.75, 3.05) is 0 Å². The fourth-order valence-corrected chi connectivity index (χ4v) is 3.56. The minimum atomic E-state index is 0. The van der Waals surface area contributed by atoms with Crippen LogP contribution in [-0.2, 0) is 6.54 Å². The minimum absolute atomic E-state index is 0. The first-order chi connectivity index (χ1) is 8.86. The predicted molar refractivity (Wildman–Crippen MR) is 83.9 cm³/mol. The van der Waals surface area contributed by atoms with Crippen molar-refractivity contribution in [3.05, 3.63) is 40.9 Å². The first-order valence-corrected chi connectivity index (χ1v) is 7.49. The molecule has 1 saturated carbocycles. The first-order valence-electron chi connectivity index (χ1n) is 6.61. The molecule has 2 N–H and O–H groups in total. The summed E-state index contributed by atoms with van der Waals surface area (Å²) in [6.07, 6.45) is 5.35. The molecule has 1 aromatic heterocycles. The van der Waals surface area contributed by atoms with Gasteiger partial charge in [-0.2, -0.15) is 0 Å². The highest BCUT2D eigenvalue weighted by atomic mass is 35.5. The van der Waals surface area contributed by atoms with Crippen LogP contribution in [0.25, 0.3) is 10.6 Å². The highest BCUT2D eigenvalue weighted by Gasteiger charge is 2.19. The molecule has 0 atom stereocenters. The topological polar surface area (TPSA) is 38.9 Å². The van der Waals surface area contributed by atoms with E-state index in [2.05, 4.69) is 29.6 Å².